The number of azo groups is 1. The summed E-state index contributed by atoms with van der Waals surface area (Å²) in [4.78, 5) is 9.07. The molecule has 26 heavy (non-hydrogen) atoms. The summed E-state index contributed by atoms with van der Waals surface area (Å²) in [7, 11) is 1.60. The van der Waals surface area contributed by atoms with Crippen molar-refractivity contribution in [3.05, 3.63) is 41.1 Å². The van der Waals surface area contributed by atoms with Crippen LogP contribution in [0, 0.1) is 18.6 Å². The fourth-order valence-electron chi connectivity index (χ4n) is 2.76. The molecule has 1 unspecified atom stereocenters. The van der Waals surface area contributed by atoms with Gasteiger partial charge < -0.3 is 5.32 Å². The summed E-state index contributed by atoms with van der Waals surface area (Å²) in [6.45, 7) is 3.99. The molecule has 8 heteroatoms. The van der Waals surface area contributed by atoms with Crippen LogP contribution in [-0.2, 0) is 0 Å². The van der Waals surface area contributed by atoms with Gasteiger partial charge in [-0.2, -0.15) is 10.2 Å². The van der Waals surface area contributed by atoms with Crippen molar-refractivity contribution in [2.24, 2.45) is 10.2 Å². The van der Waals surface area contributed by atoms with Gasteiger partial charge in [0.05, 0.1) is 5.69 Å². The Hall–Kier alpha value is -2.09. The van der Waals surface area contributed by atoms with E-state index >= 15 is 0 Å². The first-order valence-corrected chi connectivity index (χ1v) is 9.54. The first kappa shape index (κ1) is 18.7. The second kappa shape index (κ2) is 8.07. The fourth-order valence-corrected chi connectivity index (χ4v) is 3.51. The Morgan fingerprint density at radius 2 is 2.08 bits per heavy atom. The lowest BCUT2D eigenvalue weighted by molar-refractivity contribution is 0.507. The van der Waals surface area contributed by atoms with Gasteiger partial charge in [-0.3, -0.25) is 0 Å². The Bertz CT molecular complexity index is 827. The smallest absolute Gasteiger partial charge is 0.189 e. The number of nitrogens with zero attached hydrogens (tertiary/aromatic N) is 4. The molecular weight excluding hydrogens is 356 g/mol. The Labute approximate surface area is 155 Å². The molecule has 1 saturated carbocycles. The maximum Gasteiger partial charge on any atom is 0.189 e. The van der Waals surface area contributed by atoms with Gasteiger partial charge in [-0.05, 0) is 37.5 Å². The van der Waals surface area contributed by atoms with Crippen molar-refractivity contribution >= 4 is 23.3 Å². The zero-order valence-corrected chi connectivity index (χ0v) is 15.8. The van der Waals surface area contributed by atoms with Crippen LogP contribution < -0.4 is 5.32 Å². The summed E-state index contributed by atoms with van der Waals surface area (Å²) >= 11 is 1.60. The van der Waals surface area contributed by atoms with Crippen LogP contribution >= 0.6 is 11.8 Å². The van der Waals surface area contributed by atoms with Gasteiger partial charge in [0.2, 0.25) is 0 Å². The molecule has 1 aromatic carbocycles. The van der Waals surface area contributed by atoms with Gasteiger partial charge in [-0.1, -0.05) is 24.8 Å². The summed E-state index contributed by atoms with van der Waals surface area (Å²) < 4.78 is 26.6. The third-order valence-electron chi connectivity index (χ3n) is 4.16. The quantitative estimate of drug-likeness (QED) is 0.407. The van der Waals surface area contributed by atoms with E-state index in [2.05, 4.69) is 32.4 Å². The molecule has 0 aliphatic heterocycles. The number of aryl methyl sites for hydroxylation is 1. The Morgan fingerprint density at radius 3 is 2.77 bits per heavy atom. The van der Waals surface area contributed by atoms with Crippen molar-refractivity contribution in [1.82, 2.24) is 9.97 Å². The molecule has 1 aliphatic rings. The number of nitrogens with one attached hydrogen (secondary N) is 1. The normalized spacial score (nSPS) is 19.1. The lowest BCUT2D eigenvalue weighted by atomic mass is 10.1. The number of hydrogen-bond donors (Lipinski definition) is 1. The topological polar surface area (TPSA) is 62.5 Å². The highest BCUT2D eigenvalue weighted by atomic mass is 32.2. The second-order valence-electron chi connectivity index (χ2n) is 6.20. The minimum atomic E-state index is -0.825. The summed E-state index contributed by atoms with van der Waals surface area (Å²) in [5, 5.41) is 12.1. The van der Waals surface area contributed by atoms with Crippen LogP contribution in [-0.4, -0.2) is 28.8 Å². The molecule has 0 amide bonds. The lowest BCUT2D eigenvalue weighted by Gasteiger charge is -2.11. The van der Waals surface area contributed by atoms with E-state index in [1.54, 1.807) is 24.9 Å². The van der Waals surface area contributed by atoms with Crippen molar-refractivity contribution in [3.8, 4) is 0 Å². The average molecular weight is 377 g/mol. The van der Waals surface area contributed by atoms with E-state index in [-0.39, 0.29) is 12.0 Å². The Kier molecular flexibility index (Phi) is 5.80. The summed E-state index contributed by atoms with van der Waals surface area (Å²) in [5.41, 5.74) is 2.16. The van der Waals surface area contributed by atoms with Gasteiger partial charge in [-0.25, -0.2) is 18.7 Å². The molecule has 0 saturated heterocycles. The van der Waals surface area contributed by atoms with Gasteiger partial charge in [0.25, 0.3) is 0 Å². The van der Waals surface area contributed by atoms with Gasteiger partial charge in [0.15, 0.2) is 22.6 Å². The van der Waals surface area contributed by atoms with E-state index < -0.39 is 11.6 Å². The minimum absolute atomic E-state index is 0.101. The molecule has 1 heterocycles. The van der Waals surface area contributed by atoms with Crippen molar-refractivity contribution in [2.45, 2.75) is 43.8 Å². The van der Waals surface area contributed by atoms with Crippen molar-refractivity contribution in [1.29, 1.82) is 0 Å². The molecule has 0 spiro atoms. The predicted octanol–water partition coefficient (Wildman–Crippen LogP) is 5.25. The van der Waals surface area contributed by atoms with Crippen molar-refractivity contribution in [2.75, 3.05) is 18.1 Å². The highest BCUT2D eigenvalue weighted by molar-refractivity contribution is 7.99. The molecule has 2 atom stereocenters. The van der Waals surface area contributed by atoms with Gasteiger partial charge in [0, 0.05) is 24.8 Å². The number of benzene rings is 1. The van der Waals surface area contributed by atoms with Crippen LogP contribution in [0.1, 0.15) is 36.9 Å². The van der Waals surface area contributed by atoms with E-state index in [9.17, 15) is 8.78 Å². The first-order chi connectivity index (χ1) is 12.5. The van der Waals surface area contributed by atoms with Gasteiger partial charge >= 0.3 is 0 Å². The summed E-state index contributed by atoms with van der Waals surface area (Å²) in [5.74, 6) is 0.0580. The van der Waals surface area contributed by atoms with E-state index in [1.807, 2.05) is 6.92 Å². The monoisotopic (exact) mass is 377 g/mol. The first-order valence-electron chi connectivity index (χ1n) is 8.56. The Morgan fingerprint density at radius 1 is 1.27 bits per heavy atom. The van der Waals surface area contributed by atoms with Crippen LogP contribution in [0.25, 0.3) is 0 Å². The van der Waals surface area contributed by atoms with Crippen LogP contribution in [0.4, 0.5) is 20.3 Å². The van der Waals surface area contributed by atoms with Gasteiger partial charge in [0.1, 0.15) is 5.69 Å². The lowest BCUT2D eigenvalue weighted by Crippen LogP contribution is -2.08. The van der Waals surface area contributed by atoms with E-state index in [0.717, 1.165) is 29.9 Å². The zero-order chi connectivity index (χ0) is 18.7. The van der Waals surface area contributed by atoms with E-state index in [1.165, 1.54) is 12.1 Å². The van der Waals surface area contributed by atoms with Crippen LogP contribution in [0.2, 0.25) is 0 Å². The highest BCUT2D eigenvalue weighted by Gasteiger charge is 2.39. The van der Waals surface area contributed by atoms with Crippen molar-refractivity contribution in [3.63, 3.8) is 0 Å². The number of rotatable bonds is 7. The molecule has 1 aromatic heterocycles. The largest absolute Gasteiger partial charge is 0.365 e. The minimum Gasteiger partial charge on any atom is -0.365 e. The molecule has 3 rings (SSSR count). The zero-order valence-electron chi connectivity index (χ0n) is 15.0. The fraction of sp³-hybridized carbons (Fsp3) is 0.444. The van der Waals surface area contributed by atoms with E-state index in [4.69, 9.17) is 0 Å². The third-order valence-corrected chi connectivity index (χ3v) is 5.21. The summed E-state index contributed by atoms with van der Waals surface area (Å²) in [6.07, 6.45) is 1.86. The SMILES string of the molecule is CCCSc1nc(C)c(N=NC)c(NC2C[C@H]2c2ccc(F)c(F)c2)n1. The maximum absolute atomic E-state index is 13.5. The molecular formula is C18H21F2N5S. The Balaban J connectivity index is 1.80. The molecule has 0 radical (unpaired) electrons. The standard InChI is InChI=1S/C18H21F2N5S/c1-4-7-26-18-22-10(2)16(25-21-3)17(24-18)23-15-9-12(15)11-5-6-13(19)14(20)8-11/h5-6,8,12,15H,4,7,9H2,1-3H3,(H,22,23,24)/t12-,15?/m0/s1. The van der Waals surface area contributed by atoms with Crippen molar-refractivity contribution < 1.29 is 8.78 Å². The summed E-state index contributed by atoms with van der Waals surface area (Å²) in [6, 6.07) is 4.17. The maximum atomic E-state index is 13.5. The number of halogens is 2. The molecule has 1 N–H and O–H groups in total. The molecule has 0 bridgehead atoms. The predicted molar refractivity (Wildman–Crippen MR) is 99.4 cm³/mol. The number of aromatic nitrogens is 2. The number of thioether (sulfide) groups is 1. The van der Waals surface area contributed by atoms with Gasteiger partial charge in [-0.15, -0.1) is 0 Å². The van der Waals surface area contributed by atoms with Crippen LogP contribution in [0.5, 0.6) is 0 Å². The molecule has 1 aliphatic carbocycles. The van der Waals surface area contributed by atoms with E-state index in [0.29, 0.717) is 16.7 Å². The third kappa shape index (κ3) is 4.17. The number of anilines is 1. The highest BCUT2D eigenvalue weighted by Crippen LogP contribution is 2.44. The average Bonchev–Trinajstić information content (AvgIpc) is 3.37. The molecule has 1 fully saturated rings. The second-order valence-corrected chi connectivity index (χ2v) is 7.27. The molecule has 138 valence electrons. The molecule has 2 aromatic rings. The number of hydrogen-bond acceptors (Lipinski definition) is 6. The van der Waals surface area contributed by atoms with Crippen LogP contribution in [0.15, 0.2) is 33.6 Å². The molecule has 5 nitrogen and oxygen atoms in total. The van der Waals surface area contributed by atoms with Crippen LogP contribution in [0.3, 0.4) is 0 Å².